The van der Waals surface area contributed by atoms with Crippen LogP contribution in [0.25, 0.3) is 11.3 Å². The molecule has 6 heteroatoms. The first-order valence-electron chi connectivity index (χ1n) is 4.77. The van der Waals surface area contributed by atoms with E-state index in [9.17, 15) is 9.59 Å². The molecule has 0 fully saturated rings. The van der Waals surface area contributed by atoms with Gasteiger partial charge in [-0.1, -0.05) is 18.2 Å². The van der Waals surface area contributed by atoms with Crippen LogP contribution in [0.2, 0.25) is 0 Å². The van der Waals surface area contributed by atoms with Crippen LogP contribution in [0.1, 0.15) is 10.4 Å². The molecule has 17 heavy (non-hydrogen) atoms. The molecule has 0 radical (unpaired) electrons. The van der Waals surface area contributed by atoms with Crippen molar-refractivity contribution in [2.75, 3.05) is 5.73 Å². The number of nitrogens with two attached hydrogens (primary N) is 1. The van der Waals surface area contributed by atoms with Crippen molar-refractivity contribution in [1.29, 1.82) is 0 Å². The normalized spacial score (nSPS) is 10.1. The fraction of sp³-hybridized carbons (Fsp3) is 0. The van der Waals surface area contributed by atoms with Gasteiger partial charge >= 0.3 is 5.97 Å². The highest BCUT2D eigenvalue weighted by Gasteiger charge is 2.12. The smallest absolute Gasteiger partial charge is 0.336 e. The summed E-state index contributed by atoms with van der Waals surface area (Å²) < 4.78 is 0. The average Bonchev–Trinajstić information content (AvgIpc) is 2.27. The van der Waals surface area contributed by atoms with E-state index < -0.39 is 11.5 Å². The first kappa shape index (κ1) is 10.9. The topological polar surface area (TPSA) is 109 Å². The van der Waals surface area contributed by atoms with Gasteiger partial charge in [0.25, 0.3) is 5.56 Å². The Balaban J connectivity index is 2.68. The van der Waals surface area contributed by atoms with E-state index in [0.717, 1.165) is 0 Å². The van der Waals surface area contributed by atoms with Crippen LogP contribution >= 0.6 is 0 Å². The Morgan fingerprint density at radius 1 is 1.35 bits per heavy atom. The van der Waals surface area contributed by atoms with E-state index in [4.69, 9.17) is 10.8 Å². The standard InChI is InChI=1S/C11H9N3O3/c12-11-13-8(5-9(15)14-11)6-3-1-2-4-7(6)10(16)17/h1-5H,(H,16,17)(H3,12,13,14,15). The highest BCUT2D eigenvalue weighted by atomic mass is 16.4. The lowest BCUT2D eigenvalue weighted by Gasteiger charge is -2.05. The Morgan fingerprint density at radius 2 is 2.06 bits per heavy atom. The number of carboxylic acid groups (broad SMARTS) is 1. The molecule has 6 nitrogen and oxygen atoms in total. The van der Waals surface area contributed by atoms with Gasteiger partial charge in [0.2, 0.25) is 5.95 Å². The third-order valence-corrected chi connectivity index (χ3v) is 2.19. The third-order valence-electron chi connectivity index (χ3n) is 2.19. The summed E-state index contributed by atoms with van der Waals surface area (Å²) in [5.74, 6) is -1.13. The molecule has 2 aromatic rings. The van der Waals surface area contributed by atoms with Crippen molar-refractivity contribution < 1.29 is 9.90 Å². The molecule has 0 aliphatic rings. The van der Waals surface area contributed by atoms with E-state index in [1.54, 1.807) is 18.2 Å². The predicted octanol–water partition coefficient (Wildman–Crippen LogP) is 0.717. The number of nitrogens with one attached hydrogen (secondary N) is 1. The maximum atomic E-state index is 11.2. The van der Waals surface area contributed by atoms with Gasteiger partial charge in [-0.2, -0.15) is 0 Å². The number of nitrogen functional groups attached to an aromatic ring is 1. The Bertz CT molecular complexity index is 634. The molecular weight excluding hydrogens is 222 g/mol. The zero-order chi connectivity index (χ0) is 12.4. The summed E-state index contributed by atoms with van der Waals surface area (Å²) in [6.07, 6.45) is 0. The van der Waals surface area contributed by atoms with E-state index in [1.165, 1.54) is 12.1 Å². The Kier molecular flexibility index (Phi) is 2.61. The molecule has 0 saturated carbocycles. The Hall–Kier alpha value is -2.63. The maximum absolute atomic E-state index is 11.2. The Morgan fingerprint density at radius 3 is 2.71 bits per heavy atom. The molecule has 86 valence electrons. The highest BCUT2D eigenvalue weighted by molar-refractivity contribution is 5.95. The largest absolute Gasteiger partial charge is 0.478 e. The first-order valence-corrected chi connectivity index (χ1v) is 4.77. The summed E-state index contributed by atoms with van der Waals surface area (Å²) in [6, 6.07) is 7.49. The van der Waals surface area contributed by atoms with Crippen LogP contribution in [-0.4, -0.2) is 21.0 Å². The second-order valence-corrected chi connectivity index (χ2v) is 3.37. The number of carbonyl (C=O) groups is 1. The average molecular weight is 231 g/mol. The molecular formula is C11H9N3O3. The van der Waals surface area contributed by atoms with Crippen LogP contribution < -0.4 is 11.3 Å². The number of benzene rings is 1. The van der Waals surface area contributed by atoms with Crippen LogP contribution in [0, 0.1) is 0 Å². The van der Waals surface area contributed by atoms with Gasteiger partial charge in [0.15, 0.2) is 0 Å². The molecule has 0 aliphatic heterocycles. The van der Waals surface area contributed by atoms with Crippen molar-refractivity contribution in [2.45, 2.75) is 0 Å². The minimum Gasteiger partial charge on any atom is -0.478 e. The summed E-state index contributed by atoms with van der Waals surface area (Å²) in [5.41, 5.74) is 5.66. The van der Waals surface area contributed by atoms with Gasteiger partial charge in [-0.25, -0.2) is 9.78 Å². The lowest BCUT2D eigenvalue weighted by Crippen LogP contribution is -2.11. The minimum atomic E-state index is -1.08. The van der Waals surface area contributed by atoms with E-state index in [-0.39, 0.29) is 17.2 Å². The van der Waals surface area contributed by atoms with Gasteiger partial charge in [0.05, 0.1) is 11.3 Å². The molecule has 0 unspecified atom stereocenters. The first-order chi connectivity index (χ1) is 8.08. The lowest BCUT2D eigenvalue weighted by atomic mass is 10.0. The van der Waals surface area contributed by atoms with Gasteiger partial charge in [0.1, 0.15) is 0 Å². The summed E-state index contributed by atoms with van der Waals surface area (Å²) in [5, 5.41) is 9.02. The zero-order valence-electron chi connectivity index (χ0n) is 8.68. The van der Waals surface area contributed by atoms with Gasteiger partial charge in [-0.3, -0.25) is 9.78 Å². The van der Waals surface area contributed by atoms with Crippen LogP contribution in [0.5, 0.6) is 0 Å². The summed E-state index contributed by atoms with van der Waals surface area (Å²) >= 11 is 0. The molecule has 1 heterocycles. The van der Waals surface area contributed by atoms with Crippen LogP contribution in [0.4, 0.5) is 5.95 Å². The van der Waals surface area contributed by atoms with Crippen LogP contribution in [-0.2, 0) is 0 Å². The van der Waals surface area contributed by atoms with E-state index in [0.29, 0.717) is 5.56 Å². The minimum absolute atomic E-state index is 0.0484. The molecule has 1 aromatic carbocycles. The molecule has 0 amide bonds. The van der Waals surface area contributed by atoms with Gasteiger partial charge in [-0.15, -0.1) is 0 Å². The van der Waals surface area contributed by atoms with Crippen molar-refractivity contribution in [3.05, 3.63) is 46.2 Å². The molecule has 4 N–H and O–H groups in total. The van der Waals surface area contributed by atoms with Crippen molar-refractivity contribution in [1.82, 2.24) is 9.97 Å². The van der Waals surface area contributed by atoms with Crippen LogP contribution in [0.15, 0.2) is 35.1 Å². The molecule has 0 saturated heterocycles. The second kappa shape index (κ2) is 4.09. The fourth-order valence-corrected chi connectivity index (χ4v) is 1.51. The van der Waals surface area contributed by atoms with Crippen molar-refractivity contribution >= 4 is 11.9 Å². The number of aromatic nitrogens is 2. The molecule has 0 bridgehead atoms. The van der Waals surface area contributed by atoms with Crippen molar-refractivity contribution in [3.8, 4) is 11.3 Å². The fourth-order valence-electron chi connectivity index (χ4n) is 1.51. The van der Waals surface area contributed by atoms with Crippen LogP contribution in [0.3, 0.4) is 0 Å². The molecule has 0 aliphatic carbocycles. The predicted molar refractivity (Wildman–Crippen MR) is 61.7 cm³/mol. The number of rotatable bonds is 2. The molecule has 1 aromatic heterocycles. The Labute approximate surface area is 95.7 Å². The number of carboxylic acids is 1. The van der Waals surface area contributed by atoms with Gasteiger partial charge in [-0.05, 0) is 6.07 Å². The van der Waals surface area contributed by atoms with Crippen molar-refractivity contribution in [3.63, 3.8) is 0 Å². The van der Waals surface area contributed by atoms with E-state index in [2.05, 4.69) is 9.97 Å². The SMILES string of the molecule is Nc1nc(-c2ccccc2C(=O)O)cc(=O)[nH]1. The van der Waals surface area contributed by atoms with E-state index >= 15 is 0 Å². The van der Waals surface area contributed by atoms with E-state index in [1.807, 2.05) is 0 Å². The summed E-state index contributed by atoms with van der Waals surface area (Å²) in [4.78, 5) is 28.5. The second-order valence-electron chi connectivity index (χ2n) is 3.37. The number of aromatic amines is 1. The number of hydrogen-bond acceptors (Lipinski definition) is 4. The number of hydrogen-bond donors (Lipinski definition) is 3. The highest BCUT2D eigenvalue weighted by Crippen LogP contribution is 2.20. The zero-order valence-corrected chi connectivity index (χ0v) is 8.68. The molecule has 2 rings (SSSR count). The lowest BCUT2D eigenvalue weighted by molar-refractivity contribution is 0.0697. The summed E-state index contributed by atoms with van der Waals surface area (Å²) in [7, 11) is 0. The number of anilines is 1. The molecule has 0 spiro atoms. The third kappa shape index (κ3) is 2.15. The quantitative estimate of drug-likeness (QED) is 0.705. The molecule has 0 atom stereocenters. The number of H-pyrrole nitrogens is 1. The van der Waals surface area contributed by atoms with Crippen molar-refractivity contribution in [2.24, 2.45) is 0 Å². The number of aromatic carboxylic acids is 1. The summed E-state index contributed by atoms with van der Waals surface area (Å²) in [6.45, 7) is 0. The monoisotopic (exact) mass is 231 g/mol. The van der Waals surface area contributed by atoms with Gasteiger partial charge < -0.3 is 10.8 Å². The maximum Gasteiger partial charge on any atom is 0.336 e. The van der Waals surface area contributed by atoms with Gasteiger partial charge in [0, 0.05) is 11.6 Å². The number of nitrogens with zero attached hydrogens (tertiary/aromatic N) is 1.